The number of carbonyl (C=O) groups excluding carboxylic acids is 1. The Bertz CT molecular complexity index is 735. The summed E-state index contributed by atoms with van der Waals surface area (Å²) in [5.41, 5.74) is 0.582. The van der Waals surface area contributed by atoms with E-state index in [-0.39, 0.29) is 11.9 Å². The van der Waals surface area contributed by atoms with Crippen molar-refractivity contribution in [2.45, 2.75) is 13.0 Å². The fourth-order valence-electron chi connectivity index (χ4n) is 2.90. The lowest BCUT2D eigenvalue weighted by atomic mass is 10.2. The highest BCUT2D eigenvalue weighted by Crippen LogP contribution is 2.25. The van der Waals surface area contributed by atoms with E-state index >= 15 is 0 Å². The molecular weight excluding hydrogens is 361 g/mol. The molecule has 0 saturated carbocycles. The minimum Gasteiger partial charge on any atom is -0.330 e. The van der Waals surface area contributed by atoms with Gasteiger partial charge in [0.1, 0.15) is 0 Å². The average molecular weight is 381 g/mol. The average Bonchev–Trinajstić information content (AvgIpc) is 2.64. The molecule has 1 aliphatic heterocycles. The third-order valence-electron chi connectivity index (χ3n) is 4.44. The van der Waals surface area contributed by atoms with Gasteiger partial charge in [-0.25, -0.2) is 9.97 Å². The Morgan fingerprint density at radius 2 is 1.92 bits per heavy atom. The summed E-state index contributed by atoms with van der Waals surface area (Å²) in [6.45, 7) is 5.27. The van der Waals surface area contributed by atoms with Crippen LogP contribution in [0.5, 0.6) is 0 Å². The summed E-state index contributed by atoms with van der Waals surface area (Å²) in [6.07, 6.45) is 3.49. The van der Waals surface area contributed by atoms with Crippen LogP contribution in [0.15, 0.2) is 36.7 Å². The topological polar surface area (TPSA) is 62.6 Å². The molecule has 0 radical (unpaired) electrons. The molecule has 1 aliphatic rings. The molecule has 0 spiro atoms. The number of aromatic nitrogens is 2. The summed E-state index contributed by atoms with van der Waals surface area (Å²) in [6, 6.07) is 6.67. The zero-order valence-corrected chi connectivity index (χ0v) is 15.4. The summed E-state index contributed by atoms with van der Waals surface area (Å²) in [4.78, 5) is 24.5. The number of anilines is 2. The van der Waals surface area contributed by atoms with Crippen molar-refractivity contribution in [3.63, 3.8) is 0 Å². The molecule has 2 heterocycles. The minimum atomic E-state index is -0.175. The van der Waals surface area contributed by atoms with E-state index in [0.29, 0.717) is 15.7 Å². The number of nitrogens with one attached hydrogen (secondary N) is 2. The molecule has 2 aromatic rings. The predicted octanol–water partition coefficient (Wildman–Crippen LogP) is 1.52. The lowest BCUT2D eigenvalue weighted by Gasteiger charge is -2.34. The van der Waals surface area contributed by atoms with Crippen molar-refractivity contribution in [3.05, 3.63) is 46.7 Å². The van der Waals surface area contributed by atoms with E-state index in [1.165, 1.54) is 4.90 Å². The normalized spacial score (nSPS) is 16.5. The Kier molecular flexibility index (Phi) is 5.73. The zero-order chi connectivity index (χ0) is 17.8. The van der Waals surface area contributed by atoms with Crippen LogP contribution >= 0.6 is 23.2 Å². The molecule has 25 heavy (non-hydrogen) atoms. The number of hydrogen-bond donors (Lipinski definition) is 2. The second-order valence-corrected chi connectivity index (χ2v) is 6.87. The minimum absolute atomic E-state index is 0.0522. The van der Waals surface area contributed by atoms with Crippen molar-refractivity contribution in [2.24, 2.45) is 0 Å². The van der Waals surface area contributed by atoms with Gasteiger partial charge in [-0.1, -0.05) is 23.2 Å². The van der Waals surface area contributed by atoms with Gasteiger partial charge in [-0.2, -0.15) is 0 Å². The monoisotopic (exact) mass is 380 g/mol. The van der Waals surface area contributed by atoms with E-state index in [1.54, 1.807) is 36.7 Å². The van der Waals surface area contributed by atoms with Crippen LogP contribution in [0.25, 0.3) is 0 Å². The van der Waals surface area contributed by atoms with Crippen LogP contribution in [-0.2, 0) is 4.79 Å². The molecular formula is C17H20Cl2N5O+. The fraction of sp³-hybridized carbons (Fsp3) is 0.353. The third-order valence-corrected chi connectivity index (χ3v) is 4.98. The van der Waals surface area contributed by atoms with Crippen LogP contribution in [0.1, 0.15) is 6.92 Å². The van der Waals surface area contributed by atoms with Crippen LogP contribution in [0, 0.1) is 0 Å². The van der Waals surface area contributed by atoms with E-state index in [0.717, 1.165) is 32.1 Å². The predicted molar refractivity (Wildman–Crippen MR) is 99.5 cm³/mol. The van der Waals surface area contributed by atoms with Gasteiger partial charge in [-0.05, 0) is 31.2 Å². The highest BCUT2D eigenvalue weighted by atomic mass is 35.5. The SMILES string of the molecule is C[C@@H](C(=O)Nc1ccc(Cl)cc1Cl)[NH+]1CCN(c2ncccn2)CC1. The fourth-order valence-corrected chi connectivity index (χ4v) is 3.35. The maximum atomic E-state index is 12.5. The number of hydrogen-bond acceptors (Lipinski definition) is 4. The number of nitrogens with zero attached hydrogens (tertiary/aromatic N) is 3. The number of halogens is 2. The van der Waals surface area contributed by atoms with Crippen LogP contribution in [0.4, 0.5) is 11.6 Å². The van der Waals surface area contributed by atoms with Gasteiger partial charge in [0.25, 0.3) is 5.91 Å². The number of benzene rings is 1. The van der Waals surface area contributed by atoms with Crippen LogP contribution in [0.2, 0.25) is 10.0 Å². The lowest BCUT2D eigenvalue weighted by Crippen LogP contribution is -3.19. The van der Waals surface area contributed by atoms with Crippen molar-refractivity contribution in [2.75, 3.05) is 36.4 Å². The van der Waals surface area contributed by atoms with E-state index < -0.39 is 0 Å². The molecule has 3 rings (SSSR count). The Balaban J connectivity index is 1.56. The molecule has 2 N–H and O–H groups in total. The van der Waals surface area contributed by atoms with Crippen LogP contribution in [-0.4, -0.2) is 48.1 Å². The summed E-state index contributed by atoms with van der Waals surface area (Å²) in [5.74, 6) is 0.690. The second kappa shape index (κ2) is 7.99. The van der Waals surface area contributed by atoms with Crippen molar-refractivity contribution in [1.82, 2.24) is 9.97 Å². The first kappa shape index (κ1) is 17.9. The van der Waals surface area contributed by atoms with Gasteiger partial charge in [0, 0.05) is 17.4 Å². The molecule has 8 heteroatoms. The van der Waals surface area contributed by atoms with Crippen molar-refractivity contribution >= 4 is 40.7 Å². The van der Waals surface area contributed by atoms with Gasteiger partial charge >= 0.3 is 0 Å². The smallest absolute Gasteiger partial charge is 0.282 e. The number of piperazine rings is 1. The number of carbonyl (C=O) groups is 1. The van der Waals surface area contributed by atoms with Crippen molar-refractivity contribution in [1.29, 1.82) is 0 Å². The summed E-state index contributed by atoms with van der Waals surface area (Å²) in [7, 11) is 0. The van der Waals surface area contributed by atoms with Crippen LogP contribution in [0.3, 0.4) is 0 Å². The van der Waals surface area contributed by atoms with Crippen molar-refractivity contribution in [3.8, 4) is 0 Å². The molecule has 1 saturated heterocycles. The summed E-state index contributed by atoms with van der Waals surface area (Å²) >= 11 is 12.0. The van der Waals surface area contributed by atoms with Crippen LogP contribution < -0.4 is 15.1 Å². The third kappa shape index (κ3) is 4.39. The molecule has 0 unspecified atom stereocenters. The molecule has 132 valence electrons. The first-order chi connectivity index (χ1) is 12.0. The van der Waals surface area contributed by atoms with Crippen molar-refractivity contribution < 1.29 is 9.69 Å². The molecule has 0 bridgehead atoms. The van der Waals surface area contributed by atoms with E-state index in [2.05, 4.69) is 20.2 Å². The van der Waals surface area contributed by atoms with E-state index in [4.69, 9.17) is 23.2 Å². The Hall–Kier alpha value is -1.89. The highest BCUT2D eigenvalue weighted by Gasteiger charge is 2.30. The Morgan fingerprint density at radius 3 is 2.56 bits per heavy atom. The van der Waals surface area contributed by atoms with Gasteiger partial charge in [-0.15, -0.1) is 0 Å². The number of rotatable bonds is 4. The van der Waals surface area contributed by atoms with Gasteiger partial charge in [0.05, 0.1) is 36.9 Å². The number of quaternary nitrogens is 1. The molecule has 0 aliphatic carbocycles. The van der Waals surface area contributed by atoms with E-state index in [1.807, 2.05) is 6.92 Å². The Morgan fingerprint density at radius 1 is 1.24 bits per heavy atom. The Labute approximate surface area is 156 Å². The molecule has 1 aromatic carbocycles. The van der Waals surface area contributed by atoms with E-state index in [9.17, 15) is 4.79 Å². The molecule has 1 atom stereocenters. The van der Waals surface area contributed by atoms with Gasteiger partial charge in [0.2, 0.25) is 5.95 Å². The first-order valence-electron chi connectivity index (χ1n) is 8.17. The van der Waals surface area contributed by atoms with Gasteiger partial charge in [0.15, 0.2) is 6.04 Å². The summed E-state index contributed by atoms with van der Waals surface area (Å²) < 4.78 is 0. The largest absolute Gasteiger partial charge is 0.330 e. The molecule has 6 nitrogen and oxygen atoms in total. The first-order valence-corrected chi connectivity index (χ1v) is 8.92. The molecule has 1 fully saturated rings. The lowest BCUT2D eigenvalue weighted by molar-refractivity contribution is -0.914. The molecule has 1 aromatic heterocycles. The van der Waals surface area contributed by atoms with Gasteiger partial charge < -0.3 is 15.1 Å². The van der Waals surface area contributed by atoms with Gasteiger partial charge in [-0.3, -0.25) is 4.79 Å². The second-order valence-electron chi connectivity index (χ2n) is 6.03. The quantitative estimate of drug-likeness (QED) is 0.843. The summed E-state index contributed by atoms with van der Waals surface area (Å²) in [5, 5.41) is 3.87. The number of amides is 1. The maximum Gasteiger partial charge on any atom is 0.282 e. The maximum absolute atomic E-state index is 12.5. The molecule has 1 amide bonds. The highest BCUT2D eigenvalue weighted by molar-refractivity contribution is 6.36. The zero-order valence-electron chi connectivity index (χ0n) is 13.9. The standard InChI is InChI=1S/C17H19Cl2N5O/c1-12(16(25)22-15-4-3-13(18)11-14(15)19)23-7-9-24(10-8-23)17-20-5-2-6-21-17/h2-6,11-12H,7-10H2,1H3,(H,22,25)/p+1/t12-/m0/s1.